The number of fused-ring (bicyclic) bond motifs is 1. The Kier molecular flexibility index (Phi) is 4.79. The van der Waals surface area contributed by atoms with E-state index >= 15 is 0 Å². The summed E-state index contributed by atoms with van der Waals surface area (Å²) in [5, 5.41) is 2.95. The highest BCUT2D eigenvalue weighted by Crippen LogP contribution is 2.23. The molecule has 1 aliphatic rings. The van der Waals surface area contributed by atoms with Crippen LogP contribution in [0.5, 0.6) is 0 Å². The third kappa shape index (κ3) is 3.52. The van der Waals surface area contributed by atoms with Crippen molar-refractivity contribution < 1.29 is 4.79 Å². The highest BCUT2D eigenvalue weighted by atomic mass is 16.2. The first-order valence-electron chi connectivity index (χ1n) is 9.56. The van der Waals surface area contributed by atoms with Crippen LogP contribution in [0.2, 0.25) is 0 Å². The molecule has 0 aliphatic carbocycles. The van der Waals surface area contributed by atoms with Gasteiger partial charge in [-0.2, -0.15) is 0 Å². The van der Waals surface area contributed by atoms with E-state index in [4.69, 9.17) is 0 Å². The van der Waals surface area contributed by atoms with Gasteiger partial charge in [0.05, 0.1) is 0 Å². The van der Waals surface area contributed by atoms with Crippen LogP contribution in [0.25, 0.3) is 5.65 Å². The number of H-pyrrole nitrogens is 1. The highest BCUT2D eigenvalue weighted by molar-refractivity contribution is 5.94. The number of aromatic amines is 1. The molecule has 3 heterocycles. The number of aryl methyl sites for hydroxylation is 2. The minimum Gasteiger partial charge on any atom is -0.335 e. The summed E-state index contributed by atoms with van der Waals surface area (Å²) in [6.07, 6.45) is 6.35. The van der Waals surface area contributed by atoms with Crippen molar-refractivity contribution in [2.75, 3.05) is 6.54 Å². The number of piperidine rings is 1. The van der Waals surface area contributed by atoms with Crippen molar-refractivity contribution in [1.82, 2.24) is 19.5 Å². The molecule has 0 saturated carbocycles. The summed E-state index contributed by atoms with van der Waals surface area (Å²) in [4.78, 5) is 32.1. The zero-order valence-electron chi connectivity index (χ0n) is 15.5. The Morgan fingerprint density at radius 3 is 2.89 bits per heavy atom. The van der Waals surface area contributed by atoms with Gasteiger partial charge in [0.1, 0.15) is 5.56 Å². The number of aromatic nitrogens is 3. The van der Waals surface area contributed by atoms with E-state index in [1.807, 2.05) is 30.0 Å². The number of nitrogens with one attached hydrogen (secondary N) is 1. The van der Waals surface area contributed by atoms with Crippen molar-refractivity contribution in [3.63, 3.8) is 0 Å². The lowest BCUT2D eigenvalue weighted by Gasteiger charge is -2.35. The van der Waals surface area contributed by atoms with Crippen LogP contribution in [-0.4, -0.2) is 38.0 Å². The molecule has 6 nitrogen and oxygen atoms in total. The lowest BCUT2D eigenvalue weighted by molar-refractivity contribution is 0.0599. The number of likely N-dealkylation sites (tertiary alicyclic amines) is 1. The molecule has 1 aliphatic heterocycles. The van der Waals surface area contributed by atoms with Crippen LogP contribution >= 0.6 is 0 Å². The lowest BCUT2D eigenvalue weighted by atomic mass is 9.95. The van der Waals surface area contributed by atoms with Gasteiger partial charge in [0.2, 0.25) is 0 Å². The molecule has 3 aromatic rings. The molecule has 0 radical (unpaired) electrons. The Balaban J connectivity index is 1.57. The van der Waals surface area contributed by atoms with Gasteiger partial charge < -0.3 is 4.90 Å². The smallest absolute Gasteiger partial charge is 0.285 e. The zero-order chi connectivity index (χ0) is 18.8. The van der Waals surface area contributed by atoms with Crippen LogP contribution in [0.4, 0.5) is 0 Å². The fourth-order valence-corrected chi connectivity index (χ4v) is 3.93. The van der Waals surface area contributed by atoms with Crippen LogP contribution in [0.3, 0.4) is 0 Å². The van der Waals surface area contributed by atoms with Gasteiger partial charge >= 0.3 is 0 Å². The van der Waals surface area contributed by atoms with Gasteiger partial charge in [-0.05, 0) is 44.6 Å². The number of amides is 1. The van der Waals surface area contributed by atoms with Crippen LogP contribution in [0.15, 0.2) is 47.4 Å². The molecule has 2 aromatic heterocycles. The molecule has 27 heavy (non-hydrogen) atoms. The van der Waals surface area contributed by atoms with Crippen molar-refractivity contribution in [1.29, 1.82) is 0 Å². The number of benzene rings is 1. The number of carbonyl (C=O) groups is 1. The predicted molar refractivity (Wildman–Crippen MR) is 104 cm³/mol. The molecule has 1 atom stereocenters. The fourth-order valence-electron chi connectivity index (χ4n) is 3.93. The molecule has 4 rings (SSSR count). The van der Waals surface area contributed by atoms with Crippen molar-refractivity contribution in [3.05, 3.63) is 69.8 Å². The van der Waals surface area contributed by atoms with Crippen molar-refractivity contribution >= 4 is 11.6 Å². The molecule has 1 fully saturated rings. The van der Waals surface area contributed by atoms with E-state index in [0.29, 0.717) is 12.2 Å². The Bertz CT molecular complexity index is 1010. The fraction of sp³-hybridized carbons (Fsp3) is 0.381. The SMILES string of the molecule is Cc1cc2ncc(C(=O)N3CCCC[C@H]3CCc3ccccc3)c(=O)n2[nH]1. The summed E-state index contributed by atoms with van der Waals surface area (Å²) < 4.78 is 1.35. The molecule has 1 aromatic carbocycles. The monoisotopic (exact) mass is 364 g/mol. The summed E-state index contributed by atoms with van der Waals surface area (Å²) in [5.74, 6) is -0.202. The average molecular weight is 364 g/mol. The molecule has 0 unspecified atom stereocenters. The van der Waals surface area contributed by atoms with Gasteiger partial charge in [0.25, 0.3) is 11.5 Å². The first-order valence-corrected chi connectivity index (χ1v) is 9.56. The van der Waals surface area contributed by atoms with Crippen molar-refractivity contribution in [2.24, 2.45) is 0 Å². The maximum Gasteiger partial charge on any atom is 0.285 e. The Labute approximate surface area is 157 Å². The Morgan fingerprint density at radius 2 is 2.07 bits per heavy atom. The molecule has 1 saturated heterocycles. The first-order chi connectivity index (χ1) is 13.1. The summed E-state index contributed by atoms with van der Waals surface area (Å²) in [5.41, 5.74) is 2.46. The quantitative estimate of drug-likeness (QED) is 0.774. The third-order valence-electron chi connectivity index (χ3n) is 5.35. The number of rotatable bonds is 4. The molecular weight excluding hydrogens is 340 g/mol. The summed E-state index contributed by atoms with van der Waals surface area (Å²) >= 11 is 0. The van der Waals surface area contributed by atoms with E-state index < -0.39 is 0 Å². The van der Waals surface area contributed by atoms with E-state index in [-0.39, 0.29) is 23.1 Å². The standard InChI is InChI=1S/C21H24N4O2/c1-15-13-19-22-14-18(21(27)25(19)23-15)20(26)24-12-6-5-9-17(24)11-10-16-7-3-2-4-8-16/h2-4,7-8,13-14,17,23H,5-6,9-12H2,1H3/t17-/m0/s1. The van der Waals surface area contributed by atoms with Crippen molar-refractivity contribution in [3.8, 4) is 0 Å². The number of hydrogen-bond acceptors (Lipinski definition) is 3. The van der Waals surface area contributed by atoms with Gasteiger partial charge in [0.15, 0.2) is 5.65 Å². The second-order valence-electron chi connectivity index (χ2n) is 7.28. The molecule has 1 N–H and O–H groups in total. The largest absolute Gasteiger partial charge is 0.335 e. The van der Waals surface area contributed by atoms with E-state index in [2.05, 4.69) is 22.2 Å². The Hall–Kier alpha value is -2.89. The first kappa shape index (κ1) is 17.5. The average Bonchev–Trinajstić information content (AvgIpc) is 3.09. The van der Waals surface area contributed by atoms with E-state index in [1.165, 1.54) is 16.3 Å². The van der Waals surface area contributed by atoms with Gasteiger partial charge in [-0.25, -0.2) is 9.50 Å². The summed E-state index contributed by atoms with van der Waals surface area (Å²) in [6.45, 7) is 2.56. The number of carbonyl (C=O) groups excluding carboxylic acids is 1. The second-order valence-corrected chi connectivity index (χ2v) is 7.28. The van der Waals surface area contributed by atoms with Gasteiger partial charge in [-0.15, -0.1) is 0 Å². The maximum atomic E-state index is 13.2. The number of nitrogens with zero attached hydrogens (tertiary/aromatic N) is 3. The molecule has 0 bridgehead atoms. The lowest BCUT2D eigenvalue weighted by Crippen LogP contribution is -2.45. The van der Waals surface area contributed by atoms with Gasteiger partial charge in [-0.1, -0.05) is 30.3 Å². The summed E-state index contributed by atoms with van der Waals surface area (Å²) in [6, 6.07) is 12.3. The third-order valence-corrected chi connectivity index (χ3v) is 5.35. The summed E-state index contributed by atoms with van der Waals surface area (Å²) in [7, 11) is 0. The van der Waals surface area contributed by atoms with Gasteiger partial charge in [-0.3, -0.25) is 14.7 Å². The van der Waals surface area contributed by atoms with E-state index in [9.17, 15) is 9.59 Å². The predicted octanol–water partition coefficient (Wildman–Crippen LogP) is 2.96. The minimum atomic E-state index is -0.328. The molecular formula is C21H24N4O2. The topological polar surface area (TPSA) is 70.5 Å². The molecule has 6 heteroatoms. The normalized spacial score (nSPS) is 17.4. The highest BCUT2D eigenvalue weighted by Gasteiger charge is 2.29. The minimum absolute atomic E-state index is 0.140. The molecule has 0 spiro atoms. The van der Waals surface area contributed by atoms with Crippen LogP contribution in [0.1, 0.15) is 47.3 Å². The van der Waals surface area contributed by atoms with Gasteiger partial charge in [0, 0.05) is 30.5 Å². The zero-order valence-corrected chi connectivity index (χ0v) is 15.5. The second kappa shape index (κ2) is 7.39. The van der Waals surface area contributed by atoms with E-state index in [0.717, 1.165) is 37.8 Å². The van der Waals surface area contributed by atoms with Crippen LogP contribution in [0, 0.1) is 6.92 Å². The number of hydrogen-bond donors (Lipinski definition) is 1. The Morgan fingerprint density at radius 1 is 1.26 bits per heavy atom. The van der Waals surface area contributed by atoms with Crippen LogP contribution in [-0.2, 0) is 6.42 Å². The molecule has 140 valence electrons. The molecule has 1 amide bonds. The van der Waals surface area contributed by atoms with Crippen LogP contribution < -0.4 is 5.56 Å². The maximum absolute atomic E-state index is 13.2. The van der Waals surface area contributed by atoms with E-state index in [1.54, 1.807) is 6.07 Å². The van der Waals surface area contributed by atoms with Crippen molar-refractivity contribution in [2.45, 2.75) is 45.1 Å².